The molecule has 0 amide bonds. The van der Waals surface area contributed by atoms with E-state index in [0.29, 0.717) is 0 Å². The highest BCUT2D eigenvalue weighted by Crippen LogP contribution is 2.03. The summed E-state index contributed by atoms with van der Waals surface area (Å²) in [5.74, 6) is 0. The van der Waals surface area contributed by atoms with Crippen molar-refractivity contribution in [3.8, 4) is 0 Å². The summed E-state index contributed by atoms with van der Waals surface area (Å²) in [5, 5.41) is 0. The highest BCUT2D eigenvalue weighted by atomic mass is 15.2. The third-order valence-corrected chi connectivity index (χ3v) is 15.3. The van der Waals surface area contributed by atoms with Crippen LogP contribution in [-0.4, -0.2) is 321 Å². The van der Waals surface area contributed by atoms with Crippen LogP contribution in [0.25, 0.3) is 0 Å². The van der Waals surface area contributed by atoms with Gasteiger partial charge in [-0.15, -0.1) is 0 Å². The van der Waals surface area contributed by atoms with Gasteiger partial charge in [-0.1, -0.05) is 179 Å². The molecule has 0 fully saturated rings. The van der Waals surface area contributed by atoms with Crippen LogP contribution in [0.3, 0.4) is 0 Å². The molecule has 0 saturated carbocycles. The lowest BCUT2D eigenvalue weighted by atomic mass is 10.2. The van der Waals surface area contributed by atoms with Gasteiger partial charge in [0.1, 0.15) is 0 Å². The predicted octanol–water partition coefficient (Wildman–Crippen LogP) is 17.2. The minimum absolute atomic E-state index is 1.06. The lowest BCUT2D eigenvalue weighted by Crippen LogP contribution is -2.29. The van der Waals surface area contributed by atoms with Crippen molar-refractivity contribution in [3.63, 3.8) is 0 Å². The minimum Gasteiger partial charge on any atom is -0.309 e. The minimum atomic E-state index is 1.06. The number of hydrogen-bond acceptors (Lipinski definition) is 13. The first-order chi connectivity index (χ1) is 44.6. The molecule has 0 atom stereocenters. The zero-order chi connectivity index (χ0) is 74.0. The summed E-state index contributed by atoms with van der Waals surface area (Å²) in [6.45, 7) is 60.0. The van der Waals surface area contributed by atoms with Crippen molar-refractivity contribution in [3.05, 3.63) is 35.9 Å². The van der Waals surface area contributed by atoms with E-state index in [0.717, 1.165) is 19.6 Å². The first-order valence-corrected chi connectivity index (χ1v) is 39.4. The van der Waals surface area contributed by atoms with Gasteiger partial charge >= 0.3 is 0 Å². The topological polar surface area (TPSA) is 42.1 Å². The number of nitrogens with zero attached hydrogens (tertiary/aromatic N) is 13. The van der Waals surface area contributed by atoms with Gasteiger partial charge in [0, 0.05) is 32.7 Å². The largest absolute Gasteiger partial charge is 0.309 e. The molecule has 0 unspecified atom stereocenters. The molecule has 1 aromatic carbocycles. The molecule has 0 aliphatic rings. The predicted molar refractivity (Wildman–Crippen MR) is 439 cm³/mol. The lowest BCUT2D eigenvalue weighted by molar-refractivity contribution is 0.279. The fourth-order valence-corrected chi connectivity index (χ4v) is 8.73. The Labute approximate surface area is 599 Å². The molecule has 0 aromatic heterocycles. The summed E-state index contributed by atoms with van der Waals surface area (Å²) in [5.41, 5.74) is 1.40. The van der Waals surface area contributed by atoms with Crippen LogP contribution in [0, 0.1) is 0 Å². The molecular formula is C81H187N13. The van der Waals surface area contributed by atoms with E-state index in [2.05, 4.69) is 318 Å². The van der Waals surface area contributed by atoms with E-state index in [1.807, 2.05) is 0 Å². The highest BCUT2D eigenvalue weighted by molar-refractivity contribution is 5.14. The molecule has 0 radical (unpaired) electrons. The van der Waals surface area contributed by atoms with Gasteiger partial charge in [0.2, 0.25) is 0 Å². The molecule has 1 rings (SSSR count). The molecule has 0 aliphatic carbocycles. The molecule has 0 saturated heterocycles. The van der Waals surface area contributed by atoms with Crippen LogP contribution in [0.1, 0.15) is 244 Å². The summed E-state index contributed by atoms with van der Waals surface area (Å²) >= 11 is 0. The molecule has 0 spiro atoms. The highest BCUT2D eigenvalue weighted by Gasteiger charge is 2.01. The van der Waals surface area contributed by atoms with Crippen molar-refractivity contribution in [1.82, 2.24) is 63.7 Å². The normalized spacial score (nSPS) is 10.9. The summed E-state index contributed by atoms with van der Waals surface area (Å²) < 4.78 is 0. The molecule has 576 valence electrons. The number of rotatable bonds is 47. The molecule has 1 aromatic rings. The molecule has 0 aliphatic heterocycles. The van der Waals surface area contributed by atoms with Gasteiger partial charge in [-0.25, -0.2) is 0 Å². The third-order valence-electron chi connectivity index (χ3n) is 15.3. The van der Waals surface area contributed by atoms with Crippen molar-refractivity contribution in [1.29, 1.82) is 0 Å². The van der Waals surface area contributed by atoms with E-state index in [-0.39, 0.29) is 0 Å². The fourth-order valence-electron chi connectivity index (χ4n) is 8.73. The quantitative estimate of drug-likeness (QED) is 0.0623. The Morgan fingerprint density at radius 3 is 0.585 bits per heavy atom. The second kappa shape index (κ2) is 95.9. The molecule has 13 heteroatoms. The van der Waals surface area contributed by atoms with E-state index >= 15 is 0 Å². The van der Waals surface area contributed by atoms with Gasteiger partial charge < -0.3 is 63.7 Å². The second-order valence-corrected chi connectivity index (χ2v) is 27.9. The van der Waals surface area contributed by atoms with E-state index in [1.54, 1.807) is 0 Å². The molecule has 13 nitrogen and oxygen atoms in total. The lowest BCUT2D eigenvalue weighted by Gasteiger charge is -2.18. The Kier molecular flexibility index (Phi) is 113. The van der Waals surface area contributed by atoms with Crippen LogP contribution in [0.2, 0.25) is 0 Å². The number of likely N-dealkylation sites (N-methyl/N-ethyl adjacent to an activating group) is 4. The molecule has 0 bridgehead atoms. The number of hydrogen-bond donors (Lipinski definition) is 0. The van der Waals surface area contributed by atoms with Crippen molar-refractivity contribution < 1.29 is 0 Å². The zero-order valence-corrected chi connectivity index (χ0v) is 71.6. The van der Waals surface area contributed by atoms with Gasteiger partial charge in [-0.05, 0) is 327 Å². The van der Waals surface area contributed by atoms with E-state index < -0.39 is 0 Å². The second-order valence-electron chi connectivity index (χ2n) is 27.9. The Morgan fingerprint density at radius 2 is 0.394 bits per heavy atom. The average Bonchev–Trinajstić information content (AvgIpc) is 2.69. The van der Waals surface area contributed by atoms with Crippen LogP contribution < -0.4 is 0 Å². The van der Waals surface area contributed by atoms with Crippen molar-refractivity contribution in [2.75, 3.05) is 257 Å². The molecule has 0 N–H and O–H groups in total. The van der Waals surface area contributed by atoms with Gasteiger partial charge in [0.15, 0.2) is 0 Å². The van der Waals surface area contributed by atoms with E-state index in [1.165, 1.54) is 265 Å². The van der Waals surface area contributed by atoms with Crippen LogP contribution in [-0.2, 0) is 6.54 Å². The van der Waals surface area contributed by atoms with Crippen LogP contribution in [0.5, 0.6) is 0 Å². The monoisotopic (exact) mass is 1340 g/mol. The number of benzene rings is 1. The third kappa shape index (κ3) is 124. The van der Waals surface area contributed by atoms with Gasteiger partial charge in [0.25, 0.3) is 0 Å². The first-order valence-electron chi connectivity index (χ1n) is 39.4. The Morgan fingerprint density at radius 1 is 0.181 bits per heavy atom. The van der Waals surface area contributed by atoms with Gasteiger partial charge in [-0.2, -0.15) is 0 Å². The SMILES string of the molecule is CCCCN(C)CCC.CCCCN(C)CCC.CCCCN(C)CCC.CCCCN(C)CCCC.CCCCN(C)CCN(C)C.CCCCN(C)CCN(C)C.CCCN(C)C.CCCN(C)CCCN(C)C.CCCN(C)Cc1ccccc1.CCN(C)CC. The average molecular weight is 1340 g/mol. The van der Waals surface area contributed by atoms with E-state index in [9.17, 15) is 0 Å². The Bertz CT molecular complexity index is 1290. The Balaban J connectivity index is -0.000000123. The van der Waals surface area contributed by atoms with Crippen molar-refractivity contribution in [2.24, 2.45) is 0 Å². The standard InChI is InChI=1S/C11H17N.3C9H22N2.C9H21N.3C8H19N.2C5H13N/c1-3-9-12(2)10-11-7-5-4-6-8-11;1-5-7-11(4)9-6-8-10(2)3;2*1-5-6-7-11(4)9-8-10(2)3;1-4-6-8-10(3)9-7-5-2;3*1-4-6-8-9(3)7-5-2;1-4-5-6(2)3;1-4-6(3)5-2/h4-8H,3,9-10H2,1-2H3;3*5-9H2,1-4H3;4-9H2,1-3H3;3*4-8H2,1-3H3;2*4-5H2,1-3H3. The molecular weight excluding hydrogens is 1150 g/mol. The fraction of sp³-hybridized carbons (Fsp3) is 0.926. The van der Waals surface area contributed by atoms with Crippen molar-refractivity contribution in [2.45, 2.75) is 245 Å². The summed E-state index contributed by atoms with van der Waals surface area (Å²) in [6.07, 6.45) is 27.4. The van der Waals surface area contributed by atoms with Crippen LogP contribution in [0.4, 0.5) is 0 Å². The van der Waals surface area contributed by atoms with Gasteiger partial charge in [0.05, 0.1) is 0 Å². The van der Waals surface area contributed by atoms with E-state index in [4.69, 9.17) is 0 Å². The van der Waals surface area contributed by atoms with Gasteiger partial charge in [-0.3, -0.25) is 0 Å². The smallest absolute Gasteiger partial charge is 0.0230 e. The zero-order valence-electron chi connectivity index (χ0n) is 71.6. The molecule has 94 heavy (non-hydrogen) atoms. The maximum absolute atomic E-state index is 2.42. The summed E-state index contributed by atoms with van der Waals surface area (Å²) in [4.78, 5) is 30.2. The van der Waals surface area contributed by atoms with Crippen LogP contribution in [0.15, 0.2) is 30.3 Å². The molecule has 0 heterocycles. The van der Waals surface area contributed by atoms with Crippen LogP contribution >= 0.6 is 0 Å². The maximum Gasteiger partial charge on any atom is 0.0230 e. The Hall–Kier alpha value is -1.30. The summed E-state index contributed by atoms with van der Waals surface area (Å²) in [6, 6.07) is 10.6. The van der Waals surface area contributed by atoms with Crippen molar-refractivity contribution >= 4 is 0 Å². The number of unbranched alkanes of at least 4 members (excludes halogenated alkanes) is 7. The first kappa shape index (κ1) is 111. The summed E-state index contributed by atoms with van der Waals surface area (Å²) in [7, 11) is 36.5. The maximum atomic E-state index is 2.42.